The molecule has 0 amide bonds. The second-order valence-electron chi connectivity index (χ2n) is 3.41. The van der Waals surface area contributed by atoms with Gasteiger partial charge in [-0.15, -0.1) is 11.8 Å². The van der Waals surface area contributed by atoms with Crippen molar-refractivity contribution in [2.24, 2.45) is 10.9 Å². The van der Waals surface area contributed by atoms with Crippen LogP contribution in [0.1, 0.15) is 6.42 Å². The fourth-order valence-electron chi connectivity index (χ4n) is 1.44. The maximum Gasteiger partial charge on any atom is 0.139 e. The minimum absolute atomic E-state index is 0.267. The van der Waals surface area contributed by atoms with Crippen LogP contribution >= 0.6 is 11.8 Å². The van der Waals surface area contributed by atoms with Gasteiger partial charge in [-0.3, -0.25) is 0 Å². The average molecular weight is 235 g/mol. The van der Waals surface area contributed by atoms with E-state index in [0.717, 1.165) is 16.3 Å². The van der Waals surface area contributed by atoms with E-state index >= 15 is 0 Å². The van der Waals surface area contributed by atoms with Crippen LogP contribution in [0.3, 0.4) is 0 Å². The third-order valence-electron chi connectivity index (χ3n) is 2.25. The molecule has 0 atom stereocenters. The van der Waals surface area contributed by atoms with Crippen LogP contribution in [0, 0.1) is 0 Å². The molecule has 84 valence electrons. The van der Waals surface area contributed by atoms with E-state index < -0.39 is 0 Å². The number of nitrogens with zero attached hydrogens (tertiary/aromatic N) is 1. The van der Waals surface area contributed by atoms with Gasteiger partial charge in [-0.05, 0) is 12.1 Å². The van der Waals surface area contributed by atoms with Crippen molar-refractivity contribution in [3.8, 4) is 0 Å². The topological polar surface area (TPSA) is 74.4 Å². The summed E-state index contributed by atoms with van der Waals surface area (Å²) in [6.07, 6.45) is 0.580. The number of hydrogen-bond acceptors (Lipinski definition) is 3. The van der Waals surface area contributed by atoms with Crippen LogP contribution in [0.5, 0.6) is 0 Å². The fraction of sp³-hybridized carbons (Fsp3) is 0.182. The molecule has 1 aromatic heterocycles. The summed E-state index contributed by atoms with van der Waals surface area (Å²) in [6.45, 7) is 0. The van der Waals surface area contributed by atoms with E-state index in [4.69, 9.17) is 10.9 Å². The highest BCUT2D eigenvalue weighted by molar-refractivity contribution is 7.99. The Morgan fingerprint density at radius 3 is 3.00 bits per heavy atom. The van der Waals surface area contributed by atoms with Gasteiger partial charge in [0.15, 0.2) is 0 Å². The van der Waals surface area contributed by atoms with Gasteiger partial charge in [0, 0.05) is 23.1 Å². The van der Waals surface area contributed by atoms with Gasteiger partial charge in [-0.2, -0.15) is 0 Å². The number of rotatable bonds is 4. The van der Waals surface area contributed by atoms with E-state index in [1.807, 2.05) is 18.2 Å². The van der Waals surface area contributed by atoms with Crippen LogP contribution in [0.4, 0.5) is 0 Å². The molecule has 0 aliphatic rings. The lowest BCUT2D eigenvalue weighted by molar-refractivity contribution is 0.317. The number of thioether (sulfide) groups is 1. The van der Waals surface area contributed by atoms with Crippen molar-refractivity contribution in [2.45, 2.75) is 11.4 Å². The molecule has 0 fully saturated rings. The van der Waals surface area contributed by atoms with Crippen LogP contribution in [0.2, 0.25) is 0 Å². The summed E-state index contributed by atoms with van der Waals surface area (Å²) in [5, 5.41) is 13.6. The number of nitrogens with one attached hydrogen (secondary N) is 1. The van der Waals surface area contributed by atoms with Crippen molar-refractivity contribution in [3.63, 3.8) is 0 Å². The molecule has 0 saturated carbocycles. The summed E-state index contributed by atoms with van der Waals surface area (Å²) in [4.78, 5) is 3.31. The molecule has 4 N–H and O–H groups in total. The highest BCUT2D eigenvalue weighted by Crippen LogP contribution is 2.23. The standard InChI is InChI=1S/C11H13N3OS/c12-10(14-15)5-6-16-11-7-8-3-1-2-4-9(8)13-11/h1-4,7,13,15H,5-6H2,(H2,12,14). The molecule has 2 rings (SSSR count). The summed E-state index contributed by atoms with van der Waals surface area (Å²) in [5.74, 6) is 1.06. The minimum Gasteiger partial charge on any atom is -0.409 e. The lowest BCUT2D eigenvalue weighted by atomic mass is 10.3. The van der Waals surface area contributed by atoms with E-state index in [0.29, 0.717) is 6.42 Å². The van der Waals surface area contributed by atoms with Crippen LogP contribution in [-0.4, -0.2) is 21.8 Å². The van der Waals surface area contributed by atoms with E-state index in [1.165, 1.54) is 5.39 Å². The molecular weight excluding hydrogens is 222 g/mol. The van der Waals surface area contributed by atoms with Gasteiger partial charge < -0.3 is 15.9 Å². The Labute approximate surface area is 97.5 Å². The van der Waals surface area contributed by atoms with Crippen molar-refractivity contribution >= 4 is 28.5 Å². The predicted octanol–water partition coefficient (Wildman–Crippen LogP) is 2.40. The van der Waals surface area contributed by atoms with Gasteiger partial charge in [0.2, 0.25) is 0 Å². The number of fused-ring (bicyclic) bond motifs is 1. The van der Waals surface area contributed by atoms with E-state index in [2.05, 4.69) is 22.3 Å². The maximum absolute atomic E-state index is 8.39. The third-order valence-corrected chi connectivity index (χ3v) is 3.19. The molecule has 0 spiro atoms. The smallest absolute Gasteiger partial charge is 0.139 e. The minimum atomic E-state index is 0.267. The Bertz CT molecular complexity index is 474. The van der Waals surface area contributed by atoms with E-state index in [1.54, 1.807) is 11.8 Å². The summed E-state index contributed by atoms with van der Waals surface area (Å²) in [5.41, 5.74) is 6.52. The number of para-hydroxylation sites is 1. The van der Waals surface area contributed by atoms with Crippen LogP contribution in [-0.2, 0) is 0 Å². The summed E-state index contributed by atoms with van der Waals surface area (Å²) < 4.78 is 0. The fourth-order valence-corrected chi connectivity index (χ4v) is 2.36. The summed E-state index contributed by atoms with van der Waals surface area (Å²) in [7, 11) is 0. The summed E-state index contributed by atoms with van der Waals surface area (Å²) in [6, 6.07) is 10.2. The first-order valence-electron chi connectivity index (χ1n) is 4.96. The third kappa shape index (κ3) is 2.49. The molecular formula is C11H13N3OS. The molecule has 4 nitrogen and oxygen atoms in total. The quantitative estimate of drug-likeness (QED) is 0.250. The molecule has 1 aromatic carbocycles. The Balaban J connectivity index is 1.99. The van der Waals surface area contributed by atoms with Gasteiger partial charge in [-0.1, -0.05) is 23.4 Å². The molecule has 16 heavy (non-hydrogen) atoms. The van der Waals surface area contributed by atoms with Crippen molar-refractivity contribution in [1.82, 2.24) is 4.98 Å². The molecule has 5 heteroatoms. The van der Waals surface area contributed by atoms with Crippen LogP contribution < -0.4 is 5.73 Å². The number of amidine groups is 1. The van der Waals surface area contributed by atoms with Crippen molar-refractivity contribution in [1.29, 1.82) is 0 Å². The summed E-state index contributed by atoms with van der Waals surface area (Å²) >= 11 is 1.66. The monoisotopic (exact) mass is 235 g/mol. The van der Waals surface area contributed by atoms with Crippen LogP contribution in [0.25, 0.3) is 10.9 Å². The van der Waals surface area contributed by atoms with Crippen molar-refractivity contribution in [2.75, 3.05) is 5.75 Å². The van der Waals surface area contributed by atoms with E-state index in [9.17, 15) is 0 Å². The first-order valence-corrected chi connectivity index (χ1v) is 5.95. The van der Waals surface area contributed by atoms with Crippen LogP contribution in [0.15, 0.2) is 40.5 Å². The Morgan fingerprint density at radius 1 is 1.44 bits per heavy atom. The number of hydrogen-bond donors (Lipinski definition) is 3. The number of oxime groups is 1. The number of H-pyrrole nitrogens is 1. The SMILES string of the molecule is NC(CCSc1cc2ccccc2[nH]1)=NO. The zero-order valence-corrected chi connectivity index (χ0v) is 9.50. The lowest BCUT2D eigenvalue weighted by Gasteiger charge is -1.97. The second-order valence-corrected chi connectivity index (χ2v) is 4.55. The maximum atomic E-state index is 8.39. The van der Waals surface area contributed by atoms with Gasteiger partial charge in [0.05, 0.1) is 5.03 Å². The largest absolute Gasteiger partial charge is 0.409 e. The molecule has 0 bridgehead atoms. The number of aromatic amines is 1. The molecule has 0 unspecified atom stereocenters. The highest BCUT2D eigenvalue weighted by Gasteiger charge is 2.01. The molecule has 0 aliphatic carbocycles. The normalized spacial score (nSPS) is 12.1. The Morgan fingerprint density at radius 2 is 2.25 bits per heavy atom. The van der Waals surface area contributed by atoms with Gasteiger partial charge >= 0.3 is 0 Å². The second kappa shape index (κ2) is 4.94. The first kappa shape index (κ1) is 10.9. The van der Waals surface area contributed by atoms with Crippen molar-refractivity contribution in [3.05, 3.63) is 30.3 Å². The number of nitrogens with two attached hydrogens (primary N) is 1. The van der Waals surface area contributed by atoms with E-state index in [-0.39, 0.29) is 5.84 Å². The highest BCUT2D eigenvalue weighted by atomic mass is 32.2. The zero-order chi connectivity index (χ0) is 11.4. The average Bonchev–Trinajstić information content (AvgIpc) is 2.71. The number of benzene rings is 1. The van der Waals surface area contributed by atoms with Gasteiger partial charge in [0.1, 0.15) is 5.84 Å². The Kier molecular flexibility index (Phi) is 3.36. The molecule has 0 aliphatic heterocycles. The first-order chi connectivity index (χ1) is 7.79. The van der Waals surface area contributed by atoms with Gasteiger partial charge in [-0.25, -0.2) is 0 Å². The lowest BCUT2D eigenvalue weighted by Crippen LogP contribution is -2.11. The zero-order valence-electron chi connectivity index (χ0n) is 8.68. The predicted molar refractivity (Wildman–Crippen MR) is 67.0 cm³/mol. The molecule has 1 heterocycles. The van der Waals surface area contributed by atoms with Gasteiger partial charge in [0.25, 0.3) is 0 Å². The Hall–Kier alpha value is -1.62. The molecule has 0 radical (unpaired) electrons. The number of aromatic nitrogens is 1. The molecule has 2 aromatic rings. The molecule has 0 saturated heterocycles. The van der Waals surface area contributed by atoms with Crippen molar-refractivity contribution < 1.29 is 5.21 Å².